The number of hydrogen-bond acceptors (Lipinski definition) is 4. The van der Waals surface area contributed by atoms with Crippen LogP contribution in [0.15, 0.2) is 18.3 Å². The molecular weight excluding hydrogens is 226 g/mol. The zero-order chi connectivity index (χ0) is 12.5. The molecule has 2 aliphatic rings. The van der Waals surface area contributed by atoms with E-state index >= 15 is 0 Å². The molecule has 18 heavy (non-hydrogen) atoms. The first-order valence-electron chi connectivity index (χ1n) is 6.80. The minimum atomic E-state index is 0.437. The molecule has 2 bridgehead atoms. The van der Waals surface area contributed by atoms with Crippen molar-refractivity contribution >= 4 is 5.82 Å². The maximum atomic E-state index is 5.95. The molecule has 2 fully saturated rings. The van der Waals surface area contributed by atoms with E-state index in [9.17, 15) is 0 Å². The van der Waals surface area contributed by atoms with E-state index in [2.05, 4.69) is 16.4 Å². The van der Waals surface area contributed by atoms with E-state index in [0.29, 0.717) is 30.0 Å². The Morgan fingerprint density at radius 2 is 2.44 bits per heavy atom. The van der Waals surface area contributed by atoms with Crippen LogP contribution in [0.4, 0.5) is 5.82 Å². The smallest absolute Gasteiger partial charge is 0.126 e. The molecule has 0 saturated carbocycles. The zero-order valence-corrected chi connectivity index (χ0v) is 10.8. The van der Waals surface area contributed by atoms with Gasteiger partial charge < -0.3 is 15.8 Å². The second-order valence-corrected chi connectivity index (χ2v) is 5.42. The van der Waals surface area contributed by atoms with E-state index in [-0.39, 0.29) is 0 Å². The summed E-state index contributed by atoms with van der Waals surface area (Å²) in [4.78, 5) is 4.16. The highest BCUT2D eigenvalue weighted by Gasteiger charge is 2.43. The third kappa shape index (κ3) is 2.10. The molecular formula is C14H21N3O. The van der Waals surface area contributed by atoms with E-state index in [1.807, 2.05) is 13.1 Å². The van der Waals surface area contributed by atoms with Gasteiger partial charge in [-0.3, -0.25) is 0 Å². The summed E-state index contributed by atoms with van der Waals surface area (Å²) in [6.07, 6.45) is 7.28. The van der Waals surface area contributed by atoms with Gasteiger partial charge in [-0.2, -0.15) is 0 Å². The Kier molecular flexibility index (Phi) is 3.22. The molecule has 0 aliphatic carbocycles. The monoisotopic (exact) mass is 247 g/mol. The largest absolute Gasteiger partial charge is 0.383 e. The fourth-order valence-corrected chi connectivity index (χ4v) is 3.43. The van der Waals surface area contributed by atoms with Crippen LogP contribution < -0.4 is 11.1 Å². The Morgan fingerprint density at radius 3 is 3.06 bits per heavy atom. The number of aromatic nitrogens is 1. The standard InChI is InChI=1S/C14H21N3O/c1-16-12(7-9-3-2-6-17-14(9)15)11-8-10-4-5-13(11)18-10/h2-3,6,10-13,16H,4-5,7-8H2,1H3,(H2,15,17). The van der Waals surface area contributed by atoms with Crippen LogP contribution in [0.5, 0.6) is 0 Å². The third-order valence-corrected chi connectivity index (χ3v) is 4.41. The third-order valence-electron chi connectivity index (χ3n) is 4.41. The first kappa shape index (κ1) is 11.9. The molecule has 0 radical (unpaired) electrons. The van der Waals surface area contributed by atoms with Gasteiger partial charge in [-0.25, -0.2) is 4.98 Å². The molecule has 2 aliphatic heterocycles. The van der Waals surface area contributed by atoms with E-state index in [1.54, 1.807) is 6.20 Å². The van der Waals surface area contributed by atoms with Crippen LogP contribution in [0.3, 0.4) is 0 Å². The van der Waals surface area contributed by atoms with Gasteiger partial charge >= 0.3 is 0 Å². The second-order valence-electron chi connectivity index (χ2n) is 5.42. The minimum absolute atomic E-state index is 0.437. The predicted molar refractivity (Wildman–Crippen MR) is 71.2 cm³/mol. The number of pyridine rings is 1. The molecule has 1 aromatic rings. The highest BCUT2D eigenvalue weighted by Crippen LogP contribution is 2.41. The number of nitrogens with zero attached hydrogens (tertiary/aromatic N) is 1. The quantitative estimate of drug-likeness (QED) is 0.843. The topological polar surface area (TPSA) is 60.2 Å². The van der Waals surface area contributed by atoms with Gasteiger partial charge in [0.25, 0.3) is 0 Å². The summed E-state index contributed by atoms with van der Waals surface area (Å²) < 4.78 is 5.95. The Hall–Kier alpha value is -1.13. The Bertz CT molecular complexity index is 423. The van der Waals surface area contributed by atoms with Crippen molar-refractivity contribution in [1.29, 1.82) is 0 Å². The highest BCUT2D eigenvalue weighted by atomic mass is 16.5. The molecule has 0 amide bonds. The average molecular weight is 247 g/mol. The Morgan fingerprint density at radius 1 is 1.56 bits per heavy atom. The summed E-state index contributed by atoms with van der Waals surface area (Å²) in [6.45, 7) is 0. The lowest BCUT2D eigenvalue weighted by Gasteiger charge is -2.28. The summed E-state index contributed by atoms with van der Waals surface area (Å²) in [5.41, 5.74) is 7.07. The number of nitrogens with two attached hydrogens (primary N) is 1. The van der Waals surface area contributed by atoms with Crippen molar-refractivity contribution in [2.75, 3.05) is 12.8 Å². The molecule has 4 heteroatoms. The predicted octanol–water partition coefficient (Wildman–Crippen LogP) is 1.36. The zero-order valence-electron chi connectivity index (χ0n) is 10.8. The number of hydrogen-bond donors (Lipinski definition) is 2. The number of nitrogens with one attached hydrogen (secondary N) is 1. The second kappa shape index (κ2) is 4.86. The number of rotatable bonds is 4. The molecule has 3 heterocycles. The first-order valence-corrected chi connectivity index (χ1v) is 6.80. The summed E-state index contributed by atoms with van der Waals surface area (Å²) in [5.74, 6) is 1.27. The summed E-state index contributed by atoms with van der Waals surface area (Å²) in [6, 6.07) is 4.46. The number of likely N-dealkylation sites (N-methyl/N-ethyl adjacent to an activating group) is 1. The van der Waals surface area contributed by atoms with Gasteiger partial charge in [0.15, 0.2) is 0 Å². The minimum Gasteiger partial charge on any atom is -0.383 e. The Balaban J connectivity index is 1.72. The van der Waals surface area contributed by atoms with Crippen molar-refractivity contribution in [1.82, 2.24) is 10.3 Å². The summed E-state index contributed by atoms with van der Waals surface area (Å²) in [7, 11) is 2.03. The first-order chi connectivity index (χ1) is 8.78. The summed E-state index contributed by atoms with van der Waals surface area (Å²) in [5, 5.41) is 3.44. The van der Waals surface area contributed by atoms with Crippen molar-refractivity contribution < 1.29 is 4.74 Å². The van der Waals surface area contributed by atoms with Gasteiger partial charge in [0.05, 0.1) is 12.2 Å². The Labute approximate surface area is 108 Å². The van der Waals surface area contributed by atoms with Crippen LogP contribution in [0.2, 0.25) is 0 Å². The molecule has 4 atom stereocenters. The van der Waals surface area contributed by atoms with Gasteiger partial charge in [0.1, 0.15) is 5.82 Å². The van der Waals surface area contributed by atoms with E-state index < -0.39 is 0 Å². The fourth-order valence-electron chi connectivity index (χ4n) is 3.43. The molecule has 3 rings (SSSR count). The number of fused-ring (bicyclic) bond motifs is 2. The molecule has 0 aromatic carbocycles. The molecule has 98 valence electrons. The highest BCUT2D eigenvalue weighted by molar-refractivity contribution is 5.39. The lowest BCUT2D eigenvalue weighted by Crippen LogP contribution is -2.40. The van der Waals surface area contributed by atoms with E-state index in [1.165, 1.54) is 19.3 Å². The van der Waals surface area contributed by atoms with E-state index in [0.717, 1.165) is 12.0 Å². The van der Waals surface area contributed by atoms with Crippen LogP contribution in [0, 0.1) is 5.92 Å². The molecule has 4 unspecified atom stereocenters. The van der Waals surface area contributed by atoms with Crippen molar-refractivity contribution in [2.24, 2.45) is 5.92 Å². The van der Waals surface area contributed by atoms with Crippen molar-refractivity contribution in [3.63, 3.8) is 0 Å². The van der Waals surface area contributed by atoms with Crippen LogP contribution in [-0.4, -0.2) is 30.3 Å². The molecule has 2 saturated heterocycles. The van der Waals surface area contributed by atoms with Gasteiger partial charge in [-0.1, -0.05) is 6.07 Å². The maximum absolute atomic E-state index is 5.95. The van der Waals surface area contributed by atoms with Gasteiger partial charge in [-0.15, -0.1) is 0 Å². The average Bonchev–Trinajstić information content (AvgIpc) is 3.00. The summed E-state index contributed by atoms with van der Waals surface area (Å²) >= 11 is 0. The van der Waals surface area contributed by atoms with Crippen LogP contribution >= 0.6 is 0 Å². The van der Waals surface area contributed by atoms with Crippen LogP contribution in [0.25, 0.3) is 0 Å². The molecule has 3 N–H and O–H groups in total. The SMILES string of the molecule is CNC(Cc1cccnc1N)C1CC2CCC1O2. The number of anilines is 1. The van der Waals surface area contributed by atoms with Gasteiger partial charge in [-0.05, 0) is 44.4 Å². The number of ether oxygens (including phenoxy) is 1. The van der Waals surface area contributed by atoms with Crippen LogP contribution in [0.1, 0.15) is 24.8 Å². The van der Waals surface area contributed by atoms with Crippen LogP contribution in [-0.2, 0) is 11.2 Å². The lowest BCUT2D eigenvalue weighted by molar-refractivity contribution is 0.0863. The fraction of sp³-hybridized carbons (Fsp3) is 0.643. The van der Waals surface area contributed by atoms with Crippen molar-refractivity contribution in [3.8, 4) is 0 Å². The van der Waals surface area contributed by atoms with Gasteiger partial charge in [0.2, 0.25) is 0 Å². The van der Waals surface area contributed by atoms with Gasteiger partial charge in [0, 0.05) is 18.2 Å². The van der Waals surface area contributed by atoms with Crippen molar-refractivity contribution in [3.05, 3.63) is 23.9 Å². The number of nitrogen functional groups attached to an aromatic ring is 1. The normalized spacial score (nSPS) is 31.7. The molecule has 4 nitrogen and oxygen atoms in total. The van der Waals surface area contributed by atoms with Crippen molar-refractivity contribution in [2.45, 2.75) is 43.9 Å². The molecule has 1 aromatic heterocycles. The van der Waals surface area contributed by atoms with E-state index in [4.69, 9.17) is 10.5 Å². The lowest BCUT2D eigenvalue weighted by atomic mass is 9.81. The maximum Gasteiger partial charge on any atom is 0.126 e. The molecule has 0 spiro atoms.